The lowest BCUT2D eigenvalue weighted by Crippen LogP contribution is -2.09. The molecule has 2 rings (SSSR count). The first kappa shape index (κ1) is 18.0. The highest BCUT2D eigenvalue weighted by atomic mass is 35.5. The van der Waals surface area contributed by atoms with E-state index >= 15 is 0 Å². The molecule has 0 aliphatic carbocycles. The SMILES string of the molecule is COc1cc(CCC(=O)CC(=O)c2ccc(Cl)c(C)c2)ccc1O. The van der Waals surface area contributed by atoms with Crippen molar-refractivity contribution in [1.29, 1.82) is 0 Å². The van der Waals surface area contributed by atoms with Gasteiger partial charge in [-0.3, -0.25) is 9.59 Å². The number of hydrogen-bond donors (Lipinski definition) is 1. The van der Waals surface area contributed by atoms with Crippen molar-refractivity contribution in [3.63, 3.8) is 0 Å². The zero-order valence-electron chi connectivity index (χ0n) is 13.6. The summed E-state index contributed by atoms with van der Waals surface area (Å²) in [5.74, 6) is 0.0937. The summed E-state index contributed by atoms with van der Waals surface area (Å²) >= 11 is 5.94. The average Bonchev–Trinajstić information content (AvgIpc) is 2.56. The molecule has 0 spiro atoms. The summed E-state index contributed by atoms with van der Waals surface area (Å²) in [5, 5.41) is 10.1. The molecule has 0 aliphatic rings. The van der Waals surface area contributed by atoms with Crippen LogP contribution in [0.5, 0.6) is 11.5 Å². The molecule has 0 unspecified atom stereocenters. The van der Waals surface area contributed by atoms with Crippen molar-refractivity contribution < 1.29 is 19.4 Å². The van der Waals surface area contributed by atoms with Crippen molar-refractivity contribution in [3.05, 3.63) is 58.1 Å². The minimum Gasteiger partial charge on any atom is -0.504 e. The fourth-order valence-electron chi connectivity index (χ4n) is 2.35. The molecule has 2 aromatic rings. The highest BCUT2D eigenvalue weighted by molar-refractivity contribution is 6.31. The van der Waals surface area contributed by atoms with Crippen LogP contribution in [0.3, 0.4) is 0 Å². The van der Waals surface area contributed by atoms with Crippen LogP contribution >= 0.6 is 11.6 Å². The van der Waals surface area contributed by atoms with Gasteiger partial charge in [0.25, 0.3) is 0 Å². The van der Waals surface area contributed by atoms with E-state index in [0.717, 1.165) is 11.1 Å². The molecule has 0 radical (unpaired) electrons. The topological polar surface area (TPSA) is 63.6 Å². The van der Waals surface area contributed by atoms with Crippen LogP contribution in [0.1, 0.15) is 34.3 Å². The third kappa shape index (κ3) is 4.59. The number of rotatable bonds is 7. The van der Waals surface area contributed by atoms with Gasteiger partial charge in [-0.15, -0.1) is 0 Å². The first-order valence-corrected chi connectivity index (χ1v) is 7.95. The lowest BCUT2D eigenvalue weighted by Gasteiger charge is -2.07. The monoisotopic (exact) mass is 346 g/mol. The number of ketones is 2. The predicted molar refractivity (Wildman–Crippen MR) is 93.1 cm³/mol. The predicted octanol–water partition coefficient (Wildman–Crippen LogP) is 4.14. The Morgan fingerprint density at radius 1 is 1.17 bits per heavy atom. The van der Waals surface area contributed by atoms with E-state index in [9.17, 15) is 14.7 Å². The third-order valence-corrected chi connectivity index (χ3v) is 4.20. The maximum absolute atomic E-state index is 12.2. The van der Waals surface area contributed by atoms with Gasteiger partial charge in [0.2, 0.25) is 0 Å². The van der Waals surface area contributed by atoms with Gasteiger partial charge in [-0.1, -0.05) is 17.7 Å². The van der Waals surface area contributed by atoms with Crippen LogP contribution in [0.4, 0.5) is 0 Å². The Labute approximate surface area is 146 Å². The number of hydrogen-bond acceptors (Lipinski definition) is 4. The highest BCUT2D eigenvalue weighted by Gasteiger charge is 2.13. The van der Waals surface area contributed by atoms with Crippen LogP contribution in [-0.2, 0) is 11.2 Å². The molecular weight excluding hydrogens is 328 g/mol. The second-order valence-electron chi connectivity index (χ2n) is 5.61. The first-order valence-electron chi connectivity index (χ1n) is 7.57. The van der Waals surface area contributed by atoms with Gasteiger partial charge in [-0.25, -0.2) is 0 Å². The standard InChI is InChI=1S/C19H19ClO4/c1-12-9-14(5-7-16(12)20)18(23)11-15(21)6-3-13-4-8-17(22)19(10-13)24-2/h4-5,7-10,22H,3,6,11H2,1-2H3. The van der Waals surface area contributed by atoms with Crippen LogP contribution in [-0.4, -0.2) is 23.8 Å². The summed E-state index contributed by atoms with van der Waals surface area (Å²) in [5.41, 5.74) is 2.18. The first-order chi connectivity index (χ1) is 11.4. The molecule has 0 saturated heterocycles. The summed E-state index contributed by atoms with van der Waals surface area (Å²) in [6.45, 7) is 1.82. The Balaban J connectivity index is 1.93. The van der Waals surface area contributed by atoms with E-state index in [2.05, 4.69) is 0 Å². The number of aryl methyl sites for hydroxylation is 2. The molecule has 0 bridgehead atoms. The van der Waals surface area contributed by atoms with Crippen LogP contribution in [0.2, 0.25) is 5.02 Å². The average molecular weight is 347 g/mol. The second kappa shape index (κ2) is 7.97. The molecule has 0 amide bonds. The van der Waals surface area contributed by atoms with Gasteiger partial charge in [0.05, 0.1) is 13.5 Å². The molecule has 4 nitrogen and oxygen atoms in total. The second-order valence-corrected chi connectivity index (χ2v) is 6.02. The number of carbonyl (C=O) groups excluding carboxylic acids is 2. The van der Waals surface area contributed by atoms with Crippen LogP contribution in [0, 0.1) is 6.92 Å². The Bertz CT molecular complexity index is 768. The molecule has 0 aliphatic heterocycles. The molecule has 2 aromatic carbocycles. The third-order valence-electron chi connectivity index (χ3n) is 3.77. The minimum absolute atomic E-state index is 0.0564. The normalized spacial score (nSPS) is 10.5. The van der Waals surface area contributed by atoms with Gasteiger partial charge in [-0.05, 0) is 54.8 Å². The van der Waals surface area contributed by atoms with E-state index in [1.807, 2.05) is 6.92 Å². The zero-order chi connectivity index (χ0) is 17.7. The number of halogens is 1. The van der Waals surface area contributed by atoms with Crippen LogP contribution < -0.4 is 4.74 Å². The lowest BCUT2D eigenvalue weighted by molar-refractivity contribution is -0.118. The van der Waals surface area contributed by atoms with E-state index in [4.69, 9.17) is 16.3 Å². The summed E-state index contributed by atoms with van der Waals surface area (Å²) in [6.07, 6.45) is 0.616. The molecular formula is C19H19ClO4. The van der Waals surface area contributed by atoms with E-state index in [-0.39, 0.29) is 30.2 Å². The summed E-state index contributed by atoms with van der Waals surface area (Å²) in [4.78, 5) is 24.2. The molecule has 0 heterocycles. The number of methoxy groups -OCH3 is 1. The number of aromatic hydroxyl groups is 1. The lowest BCUT2D eigenvalue weighted by atomic mass is 10.0. The number of benzene rings is 2. The molecule has 5 heteroatoms. The van der Waals surface area contributed by atoms with Crippen LogP contribution in [0.25, 0.3) is 0 Å². The molecule has 0 saturated carbocycles. The number of carbonyl (C=O) groups is 2. The van der Waals surface area contributed by atoms with Crippen molar-refractivity contribution in [2.75, 3.05) is 7.11 Å². The largest absolute Gasteiger partial charge is 0.504 e. The van der Waals surface area contributed by atoms with E-state index in [1.54, 1.807) is 30.3 Å². The van der Waals surface area contributed by atoms with Crippen LogP contribution in [0.15, 0.2) is 36.4 Å². The summed E-state index contributed by atoms with van der Waals surface area (Å²) in [6, 6.07) is 9.94. The van der Waals surface area contributed by atoms with E-state index in [1.165, 1.54) is 13.2 Å². The Morgan fingerprint density at radius 3 is 2.58 bits per heavy atom. The van der Waals surface area contributed by atoms with Gasteiger partial charge < -0.3 is 9.84 Å². The number of phenolic OH excluding ortho intramolecular Hbond substituents is 1. The number of Topliss-reactive ketones (excluding diaryl/α,β-unsaturated/α-hetero) is 2. The molecule has 0 aromatic heterocycles. The van der Waals surface area contributed by atoms with Crippen molar-refractivity contribution in [1.82, 2.24) is 0 Å². The Hall–Kier alpha value is -2.33. The van der Waals surface area contributed by atoms with E-state index in [0.29, 0.717) is 22.8 Å². The number of ether oxygens (including phenoxy) is 1. The van der Waals surface area contributed by atoms with E-state index < -0.39 is 0 Å². The van der Waals surface area contributed by atoms with Crippen molar-refractivity contribution >= 4 is 23.2 Å². The van der Waals surface area contributed by atoms with Gasteiger partial charge in [0, 0.05) is 17.0 Å². The Morgan fingerprint density at radius 2 is 1.92 bits per heavy atom. The van der Waals surface area contributed by atoms with Gasteiger partial charge in [-0.2, -0.15) is 0 Å². The van der Waals surface area contributed by atoms with Crippen molar-refractivity contribution in [2.45, 2.75) is 26.2 Å². The van der Waals surface area contributed by atoms with Gasteiger partial charge in [0.1, 0.15) is 5.78 Å². The molecule has 24 heavy (non-hydrogen) atoms. The number of phenols is 1. The van der Waals surface area contributed by atoms with Gasteiger partial charge in [0.15, 0.2) is 17.3 Å². The fourth-order valence-corrected chi connectivity index (χ4v) is 2.47. The quantitative estimate of drug-likeness (QED) is 0.604. The smallest absolute Gasteiger partial charge is 0.170 e. The zero-order valence-corrected chi connectivity index (χ0v) is 14.4. The molecule has 126 valence electrons. The minimum atomic E-state index is -0.206. The van der Waals surface area contributed by atoms with Gasteiger partial charge >= 0.3 is 0 Å². The highest BCUT2D eigenvalue weighted by Crippen LogP contribution is 2.26. The maximum Gasteiger partial charge on any atom is 0.170 e. The summed E-state index contributed by atoms with van der Waals surface area (Å²) in [7, 11) is 1.47. The molecule has 0 fully saturated rings. The summed E-state index contributed by atoms with van der Waals surface area (Å²) < 4.78 is 5.04. The Kier molecular flexibility index (Phi) is 5.99. The molecule has 1 N–H and O–H groups in total. The van der Waals surface area contributed by atoms with Crippen molar-refractivity contribution in [2.24, 2.45) is 0 Å². The fraction of sp³-hybridized carbons (Fsp3) is 0.263. The maximum atomic E-state index is 12.2. The molecule has 0 atom stereocenters. The van der Waals surface area contributed by atoms with Crippen molar-refractivity contribution in [3.8, 4) is 11.5 Å².